The molecule has 0 radical (unpaired) electrons. The second-order valence-corrected chi connectivity index (χ2v) is 6.51. The van der Waals surface area contributed by atoms with E-state index in [1.165, 1.54) is 25.1 Å². The second-order valence-electron chi connectivity index (χ2n) is 6.07. The van der Waals surface area contributed by atoms with Crippen LogP contribution in [-0.2, 0) is 6.42 Å². The zero-order valence-corrected chi connectivity index (χ0v) is 15.1. The molecule has 23 heavy (non-hydrogen) atoms. The molecule has 0 aliphatic carbocycles. The molecule has 0 bridgehead atoms. The first-order valence-electron chi connectivity index (χ1n) is 8.70. The largest absolute Gasteiger partial charge is 0.357 e. The molecule has 2 rings (SSSR count). The number of halogens is 1. The lowest BCUT2D eigenvalue weighted by Crippen LogP contribution is -2.38. The molecule has 4 nitrogen and oxygen atoms in total. The van der Waals surface area contributed by atoms with E-state index in [9.17, 15) is 0 Å². The summed E-state index contributed by atoms with van der Waals surface area (Å²) in [7, 11) is 0. The van der Waals surface area contributed by atoms with Crippen LogP contribution < -0.4 is 10.6 Å². The van der Waals surface area contributed by atoms with Gasteiger partial charge in [-0.25, -0.2) is 0 Å². The first kappa shape index (κ1) is 18.1. The van der Waals surface area contributed by atoms with Gasteiger partial charge in [0.1, 0.15) is 0 Å². The molecule has 1 fully saturated rings. The number of benzene rings is 1. The SMILES string of the molecule is CCNC(=NCC1CCN(CC)C1)NCCc1ccc(Cl)cc1. The Morgan fingerprint density at radius 3 is 2.70 bits per heavy atom. The maximum Gasteiger partial charge on any atom is 0.191 e. The summed E-state index contributed by atoms with van der Waals surface area (Å²) in [6, 6.07) is 8.03. The van der Waals surface area contributed by atoms with Crippen LogP contribution in [0.4, 0.5) is 0 Å². The van der Waals surface area contributed by atoms with Gasteiger partial charge in [0.15, 0.2) is 5.96 Å². The number of hydrogen-bond donors (Lipinski definition) is 2. The van der Waals surface area contributed by atoms with Gasteiger partial charge in [0.2, 0.25) is 0 Å². The first-order chi connectivity index (χ1) is 11.2. The zero-order chi connectivity index (χ0) is 16.5. The normalized spacial score (nSPS) is 19.1. The van der Waals surface area contributed by atoms with Crippen LogP contribution in [0, 0.1) is 5.92 Å². The van der Waals surface area contributed by atoms with Crippen LogP contribution in [0.5, 0.6) is 0 Å². The van der Waals surface area contributed by atoms with E-state index in [0.717, 1.165) is 43.6 Å². The maximum absolute atomic E-state index is 5.91. The Morgan fingerprint density at radius 1 is 1.26 bits per heavy atom. The number of nitrogens with zero attached hydrogens (tertiary/aromatic N) is 2. The van der Waals surface area contributed by atoms with Crippen molar-refractivity contribution >= 4 is 17.6 Å². The van der Waals surface area contributed by atoms with Gasteiger partial charge in [0.25, 0.3) is 0 Å². The summed E-state index contributed by atoms with van der Waals surface area (Å²) in [5.74, 6) is 1.62. The first-order valence-corrected chi connectivity index (χ1v) is 9.08. The molecule has 1 aliphatic rings. The topological polar surface area (TPSA) is 39.7 Å². The van der Waals surface area contributed by atoms with Crippen molar-refractivity contribution in [3.63, 3.8) is 0 Å². The van der Waals surface area contributed by atoms with Crippen LogP contribution >= 0.6 is 11.6 Å². The second kappa shape index (κ2) is 9.78. The van der Waals surface area contributed by atoms with Crippen molar-refractivity contribution in [1.29, 1.82) is 0 Å². The molecule has 1 aliphatic heterocycles. The predicted molar refractivity (Wildman–Crippen MR) is 99.4 cm³/mol. The van der Waals surface area contributed by atoms with Gasteiger partial charge in [-0.05, 0) is 56.5 Å². The van der Waals surface area contributed by atoms with E-state index >= 15 is 0 Å². The van der Waals surface area contributed by atoms with E-state index in [-0.39, 0.29) is 0 Å². The highest BCUT2D eigenvalue weighted by molar-refractivity contribution is 6.30. The summed E-state index contributed by atoms with van der Waals surface area (Å²) in [6.45, 7) is 10.6. The van der Waals surface area contributed by atoms with Gasteiger partial charge in [0.05, 0.1) is 0 Å². The molecule has 1 aromatic carbocycles. The highest BCUT2D eigenvalue weighted by Crippen LogP contribution is 2.15. The quantitative estimate of drug-likeness (QED) is 0.594. The van der Waals surface area contributed by atoms with Gasteiger partial charge in [0, 0.05) is 31.2 Å². The fraction of sp³-hybridized carbons (Fsp3) is 0.611. The van der Waals surface area contributed by atoms with Crippen molar-refractivity contribution in [2.75, 3.05) is 39.3 Å². The lowest BCUT2D eigenvalue weighted by Gasteiger charge is -2.14. The van der Waals surface area contributed by atoms with E-state index in [1.807, 2.05) is 12.1 Å². The fourth-order valence-electron chi connectivity index (χ4n) is 2.89. The van der Waals surface area contributed by atoms with Gasteiger partial charge in [-0.2, -0.15) is 0 Å². The molecule has 0 aromatic heterocycles. The number of aliphatic imine (C=N–C) groups is 1. The summed E-state index contributed by atoms with van der Waals surface area (Å²) >= 11 is 5.91. The highest BCUT2D eigenvalue weighted by Gasteiger charge is 2.20. The molecule has 1 unspecified atom stereocenters. The van der Waals surface area contributed by atoms with E-state index in [0.29, 0.717) is 5.92 Å². The minimum atomic E-state index is 0.696. The minimum absolute atomic E-state index is 0.696. The van der Waals surface area contributed by atoms with Crippen LogP contribution in [0.3, 0.4) is 0 Å². The molecule has 1 heterocycles. The smallest absolute Gasteiger partial charge is 0.191 e. The number of rotatable bonds is 7. The molecular weight excluding hydrogens is 308 g/mol. The molecule has 5 heteroatoms. The molecule has 0 spiro atoms. The van der Waals surface area contributed by atoms with Crippen molar-refractivity contribution in [2.45, 2.75) is 26.7 Å². The van der Waals surface area contributed by atoms with Crippen LogP contribution in [0.15, 0.2) is 29.3 Å². The zero-order valence-electron chi connectivity index (χ0n) is 14.3. The van der Waals surface area contributed by atoms with Crippen LogP contribution in [0.2, 0.25) is 5.02 Å². The Labute approximate surface area is 145 Å². The molecule has 2 N–H and O–H groups in total. The average molecular weight is 337 g/mol. The van der Waals surface area contributed by atoms with Crippen LogP contribution in [0.1, 0.15) is 25.8 Å². The van der Waals surface area contributed by atoms with Crippen molar-refractivity contribution in [1.82, 2.24) is 15.5 Å². The maximum atomic E-state index is 5.91. The van der Waals surface area contributed by atoms with E-state index in [2.05, 4.69) is 41.5 Å². The Balaban J connectivity index is 1.76. The van der Waals surface area contributed by atoms with Gasteiger partial charge in [-0.15, -0.1) is 0 Å². The Kier molecular flexibility index (Phi) is 7.69. The molecule has 128 valence electrons. The van der Waals surface area contributed by atoms with Gasteiger partial charge in [-0.3, -0.25) is 4.99 Å². The van der Waals surface area contributed by atoms with Crippen molar-refractivity contribution in [3.8, 4) is 0 Å². The summed E-state index contributed by atoms with van der Waals surface area (Å²) in [6.07, 6.45) is 2.23. The van der Waals surface area contributed by atoms with Gasteiger partial charge < -0.3 is 15.5 Å². The standard InChI is InChI=1S/C18H29ClN4/c1-3-20-18(22-13-16-10-12-23(4-2)14-16)21-11-9-15-5-7-17(19)8-6-15/h5-8,16H,3-4,9-14H2,1-2H3,(H2,20,21,22). The number of hydrogen-bond acceptors (Lipinski definition) is 2. The molecule has 1 aromatic rings. The monoisotopic (exact) mass is 336 g/mol. The van der Waals surface area contributed by atoms with Crippen LogP contribution in [0.25, 0.3) is 0 Å². The summed E-state index contributed by atoms with van der Waals surface area (Å²) in [4.78, 5) is 7.26. The van der Waals surface area contributed by atoms with Gasteiger partial charge >= 0.3 is 0 Å². The van der Waals surface area contributed by atoms with Crippen molar-refractivity contribution < 1.29 is 0 Å². The molecular formula is C18H29ClN4. The lowest BCUT2D eigenvalue weighted by molar-refractivity contribution is 0.343. The van der Waals surface area contributed by atoms with Crippen molar-refractivity contribution in [2.24, 2.45) is 10.9 Å². The third kappa shape index (κ3) is 6.40. The molecule has 0 amide bonds. The number of nitrogens with one attached hydrogen (secondary N) is 2. The predicted octanol–water partition coefficient (Wildman–Crippen LogP) is 2.78. The molecule has 0 saturated carbocycles. The van der Waals surface area contributed by atoms with E-state index in [4.69, 9.17) is 16.6 Å². The van der Waals surface area contributed by atoms with Crippen molar-refractivity contribution in [3.05, 3.63) is 34.9 Å². The molecule has 1 saturated heterocycles. The number of guanidine groups is 1. The van der Waals surface area contributed by atoms with E-state index < -0.39 is 0 Å². The lowest BCUT2D eigenvalue weighted by atomic mass is 10.1. The van der Waals surface area contributed by atoms with Crippen LogP contribution in [-0.4, -0.2) is 50.1 Å². The average Bonchev–Trinajstić information content (AvgIpc) is 3.02. The minimum Gasteiger partial charge on any atom is -0.357 e. The summed E-state index contributed by atoms with van der Waals surface area (Å²) in [5.41, 5.74) is 1.28. The Bertz CT molecular complexity index is 486. The van der Waals surface area contributed by atoms with E-state index in [1.54, 1.807) is 0 Å². The fourth-order valence-corrected chi connectivity index (χ4v) is 3.01. The number of likely N-dealkylation sites (tertiary alicyclic amines) is 1. The third-order valence-electron chi connectivity index (χ3n) is 4.29. The summed E-state index contributed by atoms with van der Waals surface area (Å²) < 4.78 is 0. The highest BCUT2D eigenvalue weighted by atomic mass is 35.5. The van der Waals surface area contributed by atoms with Gasteiger partial charge in [-0.1, -0.05) is 30.7 Å². The Morgan fingerprint density at radius 2 is 2.04 bits per heavy atom. The summed E-state index contributed by atoms with van der Waals surface area (Å²) in [5, 5.41) is 7.54. The molecule has 1 atom stereocenters. The Hall–Kier alpha value is -1.26. The third-order valence-corrected chi connectivity index (χ3v) is 4.54.